The van der Waals surface area contributed by atoms with E-state index in [4.69, 9.17) is 0 Å². The summed E-state index contributed by atoms with van der Waals surface area (Å²) < 4.78 is 0. The number of carbonyl (C=O) groups is 2. The number of amides is 2. The van der Waals surface area contributed by atoms with Gasteiger partial charge in [-0.2, -0.15) is 10.2 Å². The number of nitrogens with one attached hydrogen (secondary N) is 2. The zero-order chi connectivity index (χ0) is 20.7. The van der Waals surface area contributed by atoms with E-state index >= 15 is 0 Å². The third-order valence-electron chi connectivity index (χ3n) is 4.51. The Labute approximate surface area is 172 Å². The zero-order valence-electron chi connectivity index (χ0n) is 18.2. The van der Waals surface area contributed by atoms with Gasteiger partial charge in [-0.1, -0.05) is 78.1 Å². The second kappa shape index (κ2) is 21.6. The largest absolute Gasteiger partial charge is 0.273 e. The molecule has 0 aromatic carbocycles. The fourth-order valence-corrected chi connectivity index (χ4v) is 2.74. The van der Waals surface area contributed by atoms with Crippen LogP contribution in [0.3, 0.4) is 0 Å². The Bertz CT molecular complexity index is 396. The van der Waals surface area contributed by atoms with Crippen LogP contribution in [-0.4, -0.2) is 24.2 Å². The monoisotopic (exact) mass is 394 g/mol. The smallest absolute Gasteiger partial charge is 0.240 e. The van der Waals surface area contributed by atoms with Crippen LogP contribution < -0.4 is 10.9 Å². The first-order chi connectivity index (χ1) is 13.7. The van der Waals surface area contributed by atoms with Gasteiger partial charge >= 0.3 is 0 Å². The minimum absolute atomic E-state index is 0.118. The molecule has 0 saturated carbocycles. The molecule has 6 nitrogen and oxygen atoms in total. The van der Waals surface area contributed by atoms with Crippen LogP contribution in [-0.2, 0) is 9.59 Å². The highest BCUT2D eigenvalue weighted by atomic mass is 16.2. The SMILES string of the molecule is CCCCCCCCC=NNC(=O)CCC(=O)NN=CCCCCCCCC. The number of hydrogen-bond acceptors (Lipinski definition) is 4. The Morgan fingerprint density at radius 1 is 0.607 bits per heavy atom. The Balaban J connectivity index is 3.51. The van der Waals surface area contributed by atoms with Gasteiger partial charge in [-0.3, -0.25) is 9.59 Å². The van der Waals surface area contributed by atoms with Gasteiger partial charge in [0.25, 0.3) is 0 Å². The molecule has 2 N–H and O–H groups in total. The molecule has 0 heterocycles. The molecule has 0 unspecified atom stereocenters. The average molecular weight is 395 g/mol. The third-order valence-corrected chi connectivity index (χ3v) is 4.51. The van der Waals surface area contributed by atoms with Crippen LogP contribution in [0.5, 0.6) is 0 Å². The average Bonchev–Trinajstić information content (AvgIpc) is 2.69. The second-order valence-corrected chi connectivity index (χ2v) is 7.31. The lowest BCUT2D eigenvalue weighted by atomic mass is 10.1. The van der Waals surface area contributed by atoms with Crippen molar-refractivity contribution in [2.45, 2.75) is 117 Å². The van der Waals surface area contributed by atoms with E-state index in [-0.39, 0.29) is 24.7 Å². The fraction of sp³-hybridized carbons (Fsp3) is 0.818. The van der Waals surface area contributed by atoms with Crippen LogP contribution in [0.25, 0.3) is 0 Å². The van der Waals surface area contributed by atoms with Gasteiger partial charge in [-0.25, -0.2) is 10.9 Å². The predicted octanol–water partition coefficient (Wildman–Crippen LogP) is 5.47. The molecular formula is C22H42N4O2. The van der Waals surface area contributed by atoms with Crippen molar-refractivity contribution in [1.29, 1.82) is 0 Å². The second-order valence-electron chi connectivity index (χ2n) is 7.31. The van der Waals surface area contributed by atoms with Crippen LogP contribution in [0, 0.1) is 0 Å². The van der Waals surface area contributed by atoms with Crippen LogP contribution in [0.4, 0.5) is 0 Å². The van der Waals surface area contributed by atoms with Crippen molar-refractivity contribution in [2.75, 3.05) is 0 Å². The van der Waals surface area contributed by atoms with Gasteiger partial charge in [0.1, 0.15) is 0 Å². The highest BCUT2D eigenvalue weighted by Gasteiger charge is 2.04. The summed E-state index contributed by atoms with van der Waals surface area (Å²) in [6, 6.07) is 0. The van der Waals surface area contributed by atoms with E-state index in [0.29, 0.717) is 0 Å². The van der Waals surface area contributed by atoms with E-state index < -0.39 is 0 Å². The molecular weight excluding hydrogens is 352 g/mol. The maximum atomic E-state index is 11.6. The van der Waals surface area contributed by atoms with Crippen LogP contribution >= 0.6 is 0 Å². The molecule has 0 aromatic heterocycles. The molecule has 0 saturated heterocycles. The van der Waals surface area contributed by atoms with Crippen LogP contribution in [0.2, 0.25) is 0 Å². The van der Waals surface area contributed by atoms with E-state index in [9.17, 15) is 9.59 Å². The van der Waals surface area contributed by atoms with Gasteiger partial charge in [0.2, 0.25) is 11.8 Å². The summed E-state index contributed by atoms with van der Waals surface area (Å²) in [5, 5.41) is 7.84. The van der Waals surface area contributed by atoms with E-state index in [1.165, 1.54) is 64.2 Å². The molecule has 0 rings (SSSR count). The summed E-state index contributed by atoms with van der Waals surface area (Å²) in [6.45, 7) is 4.42. The van der Waals surface area contributed by atoms with Gasteiger partial charge in [-0.15, -0.1) is 0 Å². The van der Waals surface area contributed by atoms with E-state index in [1.807, 2.05) is 0 Å². The third kappa shape index (κ3) is 20.6. The first-order valence-electron chi connectivity index (χ1n) is 11.3. The van der Waals surface area contributed by atoms with Gasteiger partial charge in [0, 0.05) is 25.3 Å². The maximum absolute atomic E-state index is 11.6. The number of hydrogen-bond donors (Lipinski definition) is 2. The molecule has 0 radical (unpaired) electrons. The number of rotatable bonds is 19. The molecule has 0 bridgehead atoms. The van der Waals surface area contributed by atoms with Gasteiger partial charge in [0.05, 0.1) is 0 Å². The van der Waals surface area contributed by atoms with E-state index in [1.54, 1.807) is 12.4 Å². The molecule has 0 aliphatic rings. The van der Waals surface area contributed by atoms with Crippen molar-refractivity contribution >= 4 is 24.2 Å². The lowest BCUT2D eigenvalue weighted by molar-refractivity contribution is -0.126. The lowest BCUT2D eigenvalue weighted by Crippen LogP contribution is -2.22. The molecule has 6 heteroatoms. The van der Waals surface area contributed by atoms with Crippen molar-refractivity contribution in [1.82, 2.24) is 10.9 Å². The summed E-state index contributed by atoms with van der Waals surface area (Å²) in [7, 11) is 0. The molecule has 2 amide bonds. The molecule has 0 spiro atoms. The van der Waals surface area contributed by atoms with Crippen LogP contribution in [0.15, 0.2) is 10.2 Å². The predicted molar refractivity (Wildman–Crippen MR) is 118 cm³/mol. The molecule has 0 aliphatic carbocycles. The quantitative estimate of drug-likeness (QED) is 0.173. The molecule has 0 fully saturated rings. The highest BCUT2D eigenvalue weighted by Crippen LogP contribution is 2.06. The van der Waals surface area contributed by atoms with Crippen molar-refractivity contribution in [3.05, 3.63) is 0 Å². The first-order valence-corrected chi connectivity index (χ1v) is 11.3. The minimum Gasteiger partial charge on any atom is -0.273 e. The Hall–Kier alpha value is -1.72. The molecule has 0 aliphatic heterocycles. The Morgan fingerprint density at radius 2 is 0.964 bits per heavy atom. The summed E-state index contributed by atoms with van der Waals surface area (Å²) in [5.41, 5.74) is 4.93. The summed E-state index contributed by atoms with van der Waals surface area (Å²) in [5.74, 6) is -0.490. The topological polar surface area (TPSA) is 82.9 Å². The minimum atomic E-state index is -0.245. The van der Waals surface area contributed by atoms with Crippen molar-refractivity contribution in [2.24, 2.45) is 10.2 Å². The van der Waals surface area contributed by atoms with Crippen molar-refractivity contribution in [3.8, 4) is 0 Å². The number of unbranched alkanes of at least 4 members (excludes halogenated alkanes) is 12. The van der Waals surface area contributed by atoms with Gasteiger partial charge in [0.15, 0.2) is 0 Å². The van der Waals surface area contributed by atoms with E-state index in [2.05, 4.69) is 34.9 Å². The Morgan fingerprint density at radius 3 is 1.36 bits per heavy atom. The van der Waals surface area contributed by atoms with Gasteiger partial charge < -0.3 is 0 Å². The number of hydrazone groups is 2. The van der Waals surface area contributed by atoms with E-state index in [0.717, 1.165) is 25.7 Å². The summed E-state index contributed by atoms with van der Waals surface area (Å²) in [6.07, 6.45) is 20.4. The standard InChI is InChI=1S/C22H42N4O2/c1-3-5-7-9-11-13-15-19-23-25-21(27)17-18-22(28)26-24-20-16-14-12-10-8-6-4-2/h19-20H,3-18H2,1-2H3,(H,25,27)(H,26,28). The molecule has 28 heavy (non-hydrogen) atoms. The molecule has 0 aromatic rings. The van der Waals surface area contributed by atoms with Crippen molar-refractivity contribution in [3.63, 3.8) is 0 Å². The lowest BCUT2D eigenvalue weighted by Gasteiger charge is -2.00. The zero-order valence-corrected chi connectivity index (χ0v) is 18.2. The number of carbonyl (C=O) groups excluding carboxylic acids is 2. The normalized spacial score (nSPS) is 11.4. The summed E-state index contributed by atoms with van der Waals surface area (Å²) >= 11 is 0. The van der Waals surface area contributed by atoms with Crippen molar-refractivity contribution < 1.29 is 9.59 Å². The Kier molecular flexibility index (Phi) is 20.3. The van der Waals surface area contributed by atoms with Gasteiger partial charge in [-0.05, 0) is 25.7 Å². The maximum Gasteiger partial charge on any atom is 0.240 e. The highest BCUT2D eigenvalue weighted by molar-refractivity contribution is 5.84. The molecule has 162 valence electrons. The number of nitrogens with zero attached hydrogens (tertiary/aromatic N) is 2. The van der Waals surface area contributed by atoms with Crippen LogP contribution in [0.1, 0.15) is 117 Å². The molecule has 0 atom stereocenters. The first kappa shape index (κ1) is 26.3. The summed E-state index contributed by atoms with van der Waals surface area (Å²) in [4.78, 5) is 23.3. The fourth-order valence-electron chi connectivity index (χ4n) is 2.74.